The summed E-state index contributed by atoms with van der Waals surface area (Å²) < 4.78 is 5.50. The van der Waals surface area contributed by atoms with Crippen molar-refractivity contribution >= 4 is 42.1 Å². The van der Waals surface area contributed by atoms with Gasteiger partial charge < -0.3 is 15.4 Å². The molecule has 0 spiro atoms. The van der Waals surface area contributed by atoms with Gasteiger partial charge in [-0.3, -0.25) is 4.79 Å². The van der Waals surface area contributed by atoms with E-state index in [1.54, 1.807) is 11.3 Å². The SMILES string of the molecule is Cc1nc(CCNC(=O)CC2CNCCO2)sc1C.Cl.Cl. The third-order valence-corrected chi connectivity index (χ3v) is 4.28. The van der Waals surface area contributed by atoms with Crippen molar-refractivity contribution < 1.29 is 9.53 Å². The van der Waals surface area contributed by atoms with Gasteiger partial charge in [-0.2, -0.15) is 0 Å². The molecule has 0 radical (unpaired) electrons. The fourth-order valence-corrected chi connectivity index (χ4v) is 2.92. The van der Waals surface area contributed by atoms with Gasteiger partial charge in [-0.15, -0.1) is 36.2 Å². The molecule has 2 heterocycles. The number of rotatable bonds is 5. The molecular weight excluding hydrogens is 333 g/mol. The number of hydrogen-bond acceptors (Lipinski definition) is 5. The first-order valence-corrected chi connectivity index (χ1v) is 7.48. The van der Waals surface area contributed by atoms with Crippen LogP contribution in [0.15, 0.2) is 0 Å². The summed E-state index contributed by atoms with van der Waals surface area (Å²) in [5, 5.41) is 7.23. The van der Waals surface area contributed by atoms with E-state index in [0.29, 0.717) is 19.6 Å². The molecule has 0 aliphatic carbocycles. The van der Waals surface area contributed by atoms with Crippen LogP contribution in [-0.4, -0.2) is 43.2 Å². The first-order valence-electron chi connectivity index (χ1n) is 6.67. The third kappa shape index (κ3) is 6.93. The molecule has 1 aliphatic heterocycles. The Labute approximate surface area is 142 Å². The highest BCUT2D eigenvalue weighted by Crippen LogP contribution is 2.16. The van der Waals surface area contributed by atoms with Gasteiger partial charge in [0.05, 0.1) is 29.8 Å². The van der Waals surface area contributed by atoms with Gasteiger partial charge in [0.25, 0.3) is 0 Å². The highest BCUT2D eigenvalue weighted by atomic mass is 35.5. The van der Waals surface area contributed by atoms with Crippen LogP contribution >= 0.6 is 36.2 Å². The van der Waals surface area contributed by atoms with E-state index in [9.17, 15) is 4.79 Å². The molecule has 1 aromatic heterocycles. The lowest BCUT2D eigenvalue weighted by molar-refractivity contribution is -0.124. The van der Waals surface area contributed by atoms with E-state index in [1.165, 1.54) is 4.88 Å². The van der Waals surface area contributed by atoms with E-state index >= 15 is 0 Å². The highest BCUT2D eigenvalue weighted by Gasteiger charge is 2.16. The number of amides is 1. The maximum absolute atomic E-state index is 11.7. The van der Waals surface area contributed by atoms with Crippen LogP contribution in [0.4, 0.5) is 0 Å². The van der Waals surface area contributed by atoms with Gasteiger partial charge in [-0.25, -0.2) is 4.98 Å². The molecule has 1 atom stereocenters. The molecule has 1 fully saturated rings. The van der Waals surface area contributed by atoms with Crippen molar-refractivity contribution in [1.82, 2.24) is 15.6 Å². The molecule has 0 saturated carbocycles. The Hall–Kier alpha value is -0.400. The lowest BCUT2D eigenvalue weighted by Crippen LogP contribution is -2.41. The van der Waals surface area contributed by atoms with E-state index in [4.69, 9.17) is 4.74 Å². The summed E-state index contributed by atoms with van der Waals surface area (Å²) in [5.41, 5.74) is 1.09. The predicted octanol–water partition coefficient (Wildman–Crippen LogP) is 1.64. The Morgan fingerprint density at radius 1 is 1.48 bits per heavy atom. The zero-order chi connectivity index (χ0) is 13.7. The molecule has 122 valence electrons. The van der Waals surface area contributed by atoms with Crippen LogP contribution in [0, 0.1) is 13.8 Å². The number of ether oxygens (including phenoxy) is 1. The summed E-state index contributed by atoms with van der Waals surface area (Å²) >= 11 is 1.70. The minimum atomic E-state index is 0. The summed E-state index contributed by atoms with van der Waals surface area (Å²) in [5.74, 6) is 0.0544. The second-order valence-electron chi connectivity index (χ2n) is 4.75. The van der Waals surface area contributed by atoms with Gasteiger partial charge in [0, 0.05) is 30.9 Å². The van der Waals surface area contributed by atoms with E-state index < -0.39 is 0 Å². The fourth-order valence-electron chi connectivity index (χ4n) is 1.98. The zero-order valence-electron chi connectivity index (χ0n) is 12.3. The smallest absolute Gasteiger partial charge is 0.222 e. The third-order valence-electron chi connectivity index (χ3n) is 3.15. The summed E-state index contributed by atoms with van der Waals surface area (Å²) in [6, 6.07) is 0. The Morgan fingerprint density at radius 3 is 2.81 bits per heavy atom. The number of carbonyl (C=O) groups excluding carboxylic acids is 1. The number of aromatic nitrogens is 1. The molecule has 2 N–H and O–H groups in total. The molecule has 8 heteroatoms. The van der Waals surface area contributed by atoms with Crippen LogP contribution in [-0.2, 0) is 16.0 Å². The molecule has 21 heavy (non-hydrogen) atoms. The fraction of sp³-hybridized carbons (Fsp3) is 0.692. The Morgan fingerprint density at radius 2 is 2.24 bits per heavy atom. The summed E-state index contributed by atoms with van der Waals surface area (Å²) in [4.78, 5) is 17.4. The second-order valence-corrected chi connectivity index (χ2v) is 6.04. The average Bonchev–Trinajstić information content (AvgIpc) is 2.70. The molecule has 0 aromatic carbocycles. The number of thiazole rings is 1. The largest absolute Gasteiger partial charge is 0.375 e. The van der Waals surface area contributed by atoms with Crippen molar-refractivity contribution in [2.24, 2.45) is 0 Å². The van der Waals surface area contributed by atoms with Crippen LogP contribution < -0.4 is 10.6 Å². The maximum Gasteiger partial charge on any atom is 0.222 e. The van der Waals surface area contributed by atoms with Crippen molar-refractivity contribution in [2.45, 2.75) is 32.8 Å². The van der Waals surface area contributed by atoms with Crippen LogP contribution in [0.2, 0.25) is 0 Å². The number of nitrogens with zero attached hydrogens (tertiary/aromatic N) is 1. The van der Waals surface area contributed by atoms with Crippen LogP contribution in [0.1, 0.15) is 22.0 Å². The van der Waals surface area contributed by atoms with Crippen LogP contribution in [0.3, 0.4) is 0 Å². The van der Waals surface area contributed by atoms with Crippen LogP contribution in [0.25, 0.3) is 0 Å². The standard InChI is InChI=1S/C13H21N3O2S.2ClH/c1-9-10(2)19-13(16-9)3-4-15-12(17)7-11-8-14-5-6-18-11;;/h11,14H,3-8H2,1-2H3,(H,15,17);2*1H. The van der Waals surface area contributed by atoms with Crippen molar-refractivity contribution in [2.75, 3.05) is 26.2 Å². The summed E-state index contributed by atoms with van der Waals surface area (Å²) in [6.07, 6.45) is 1.25. The first kappa shape index (κ1) is 20.6. The molecule has 5 nitrogen and oxygen atoms in total. The Balaban J connectivity index is 0.00000200. The van der Waals surface area contributed by atoms with E-state index in [1.807, 2.05) is 6.92 Å². The van der Waals surface area contributed by atoms with Gasteiger partial charge >= 0.3 is 0 Å². The van der Waals surface area contributed by atoms with Gasteiger partial charge in [0.2, 0.25) is 5.91 Å². The highest BCUT2D eigenvalue weighted by molar-refractivity contribution is 7.11. The monoisotopic (exact) mass is 355 g/mol. The van der Waals surface area contributed by atoms with E-state index in [0.717, 1.165) is 30.2 Å². The number of hydrogen-bond donors (Lipinski definition) is 2. The number of aryl methyl sites for hydroxylation is 2. The number of carbonyl (C=O) groups is 1. The Bertz CT molecular complexity index is 418. The second kappa shape index (κ2) is 10.3. The molecule has 0 bridgehead atoms. The topological polar surface area (TPSA) is 63.2 Å². The lowest BCUT2D eigenvalue weighted by Gasteiger charge is -2.22. The zero-order valence-corrected chi connectivity index (χ0v) is 14.8. The molecule has 1 aliphatic rings. The van der Waals surface area contributed by atoms with Crippen molar-refractivity contribution in [3.8, 4) is 0 Å². The van der Waals surface area contributed by atoms with Crippen LogP contribution in [0.5, 0.6) is 0 Å². The first-order chi connectivity index (χ1) is 9.15. The minimum Gasteiger partial charge on any atom is -0.375 e. The lowest BCUT2D eigenvalue weighted by atomic mass is 10.2. The molecular formula is C13H23Cl2N3O2S. The summed E-state index contributed by atoms with van der Waals surface area (Å²) in [6.45, 7) is 7.06. The maximum atomic E-state index is 11.7. The molecule has 2 rings (SSSR count). The normalized spacial score (nSPS) is 17.5. The van der Waals surface area contributed by atoms with E-state index in [2.05, 4.69) is 22.5 Å². The predicted molar refractivity (Wildman–Crippen MR) is 90.0 cm³/mol. The molecule has 1 unspecified atom stereocenters. The summed E-state index contributed by atoms with van der Waals surface area (Å²) in [7, 11) is 0. The number of morpholine rings is 1. The molecule has 1 saturated heterocycles. The van der Waals surface area contributed by atoms with Gasteiger partial charge in [-0.05, 0) is 13.8 Å². The van der Waals surface area contributed by atoms with Crippen molar-refractivity contribution in [1.29, 1.82) is 0 Å². The van der Waals surface area contributed by atoms with Crippen molar-refractivity contribution in [3.05, 3.63) is 15.6 Å². The minimum absolute atomic E-state index is 0. The molecule has 1 amide bonds. The molecule has 1 aromatic rings. The van der Waals surface area contributed by atoms with E-state index in [-0.39, 0.29) is 36.8 Å². The van der Waals surface area contributed by atoms with Crippen molar-refractivity contribution in [3.63, 3.8) is 0 Å². The quantitative estimate of drug-likeness (QED) is 0.842. The number of halogens is 2. The van der Waals surface area contributed by atoms with Gasteiger partial charge in [-0.1, -0.05) is 0 Å². The average molecular weight is 356 g/mol. The van der Waals surface area contributed by atoms with Gasteiger partial charge in [0.15, 0.2) is 0 Å². The number of nitrogens with one attached hydrogen (secondary N) is 2. The Kier molecular flexibility index (Phi) is 10.1. The van der Waals surface area contributed by atoms with Gasteiger partial charge in [0.1, 0.15) is 0 Å².